The topological polar surface area (TPSA) is 82.4 Å². The van der Waals surface area contributed by atoms with E-state index in [2.05, 4.69) is 9.97 Å². The van der Waals surface area contributed by atoms with Gasteiger partial charge in [-0.25, -0.2) is 9.97 Å². The van der Waals surface area contributed by atoms with Crippen LogP contribution in [0.15, 0.2) is 24.3 Å². The summed E-state index contributed by atoms with van der Waals surface area (Å²) < 4.78 is 12.6. The minimum absolute atomic E-state index is 0.0192. The molecule has 0 fully saturated rings. The number of benzene rings is 1. The molecule has 29 heavy (non-hydrogen) atoms. The van der Waals surface area contributed by atoms with Crippen molar-refractivity contribution in [1.82, 2.24) is 19.7 Å². The van der Waals surface area contributed by atoms with E-state index in [1.807, 2.05) is 45.0 Å². The minimum atomic E-state index is -0.122. The molecule has 0 saturated heterocycles. The van der Waals surface area contributed by atoms with Gasteiger partial charge in [-0.1, -0.05) is 6.07 Å². The highest BCUT2D eigenvalue weighted by molar-refractivity contribution is 5.96. The second-order valence-corrected chi connectivity index (χ2v) is 7.51. The van der Waals surface area contributed by atoms with Gasteiger partial charge in [0.1, 0.15) is 5.82 Å². The summed E-state index contributed by atoms with van der Waals surface area (Å²) in [5, 5.41) is 4.72. The third kappa shape index (κ3) is 2.74. The van der Waals surface area contributed by atoms with Gasteiger partial charge in [0, 0.05) is 36.3 Å². The first-order chi connectivity index (χ1) is 13.9. The van der Waals surface area contributed by atoms with E-state index in [1.165, 1.54) is 0 Å². The first-order valence-corrected chi connectivity index (χ1v) is 9.50. The average molecular weight is 391 g/mol. The van der Waals surface area contributed by atoms with Gasteiger partial charge in [-0.2, -0.15) is 9.78 Å². The van der Waals surface area contributed by atoms with Crippen molar-refractivity contribution in [2.24, 2.45) is 0 Å². The monoisotopic (exact) mass is 391 g/mol. The third-order valence-electron chi connectivity index (χ3n) is 5.46. The van der Waals surface area contributed by atoms with Gasteiger partial charge < -0.3 is 9.47 Å². The van der Waals surface area contributed by atoms with Gasteiger partial charge in [0.05, 0.1) is 5.69 Å². The van der Waals surface area contributed by atoms with Crippen LogP contribution < -0.4 is 14.4 Å². The molecule has 8 nitrogen and oxygen atoms in total. The van der Waals surface area contributed by atoms with Crippen LogP contribution in [0.4, 0.5) is 5.82 Å². The maximum atomic E-state index is 12.9. The van der Waals surface area contributed by atoms with Crippen LogP contribution in [0.3, 0.4) is 0 Å². The Labute approximate surface area is 168 Å². The number of amides is 1. The lowest BCUT2D eigenvalue weighted by atomic mass is 9.85. The highest BCUT2D eigenvalue weighted by atomic mass is 16.7. The van der Waals surface area contributed by atoms with E-state index in [1.54, 1.807) is 16.6 Å². The van der Waals surface area contributed by atoms with Crippen LogP contribution in [0.1, 0.15) is 40.5 Å². The summed E-state index contributed by atoms with van der Waals surface area (Å²) in [6.07, 6.45) is 0.364. The molecule has 1 aromatic carbocycles. The number of anilines is 1. The predicted octanol–water partition coefficient (Wildman–Crippen LogP) is 2.81. The van der Waals surface area contributed by atoms with Gasteiger partial charge >= 0.3 is 0 Å². The Kier molecular flexibility index (Phi) is 3.84. The van der Waals surface area contributed by atoms with Gasteiger partial charge in [0.25, 0.3) is 5.95 Å². The molecule has 0 N–H and O–H groups in total. The number of nitrogens with zero attached hydrogens (tertiary/aromatic N) is 5. The molecule has 0 bridgehead atoms. The summed E-state index contributed by atoms with van der Waals surface area (Å²) >= 11 is 0. The van der Waals surface area contributed by atoms with Gasteiger partial charge in [0.2, 0.25) is 12.7 Å². The zero-order valence-corrected chi connectivity index (χ0v) is 16.8. The maximum Gasteiger partial charge on any atom is 0.252 e. The van der Waals surface area contributed by atoms with Gasteiger partial charge in [-0.3, -0.25) is 9.69 Å². The summed E-state index contributed by atoms with van der Waals surface area (Å²) in [6.45, 7) is 6.02. The molecule has 0 spiro atoms. The molecule has 4 heterocycles. The average Bonchev–Trinajstić information content (AvgIpc) is 3.28. The first-order valence-electron chi connectivity index (χ1n) is 9.50. The molecule has 148 valence electrons. The molecule has 2 aliphatic rings. The van der Waals surface area contributed by atoms with E-state index in [9.17, 15) is 4.79 Å². The number of ether oxygens (including phenoxy) is 2. The van der Waals surface area contributed by atoms with Crippen LogP contribution in [-0.2, 0) is 4.79 Å². The fraction of sp³-hybridized carbons (Fsp3) is 0.333. The lowest BCUT2D eigenvalue weighted by molar-refractivity contribution is -0.118. The molecule has 0 radical (unpaired) electrons. The Morgan fingerprint density at radius 2 is 1.76 bits per heavy atom. The fourth-order valence-corrected chi connectivity index (χ4v) is 4.15. The highest BCUT2D eigenvalue weighted by Gasteiger charge is 2.37. The van der Waals surface area contributed by atoms with Gasteiger partial charge in [0.15, 0.2) is 11.5 Å². The molecule has 0 aliphatic carbocycles. The second kappa shape index (κ2) is 6.30. The molecule has 1 atom stereocenters. The molecule has 2 aliphatic heterocycles. The molecular weight excluding hydrogens is 370 g/mol. The lowest BCUT2D eigenvalue weighted by Gasteiger charge is -2.30. The van der Waals surface area contributed by atoms with Crippen LogP contribution in [0, 0.1) is 20.8 Å². The Hall–Kier alpha value is -3.42. The van der Waals surface area contributed by atoms with Crippen LogP contribution in [0.5, 0.6) is 11.5 Å². The number of rotatable bonds is 2. The molecule has 2 aromatic heterocycles. The van der Waals surface area contributed by atoms with Gasteiger partial charge in [-0.05, 0) is 44.5 Å². The zero-order valence-electron chi connectivity index (χ0n) is 16.8. The largest absolute Gasteiger partial charge is 0.454 e. The Bertz CT molecular complexity index is 1130. The van der Waals surface area contributed by atoms with Crippen LogP contribution in [0.2, 0.25) is 0 Å². The molecule has 1 amide bonds. The van der Waals surface area contributed by atoms with Crippen LogP contribution in [0.25, 0.3) is 5.95 Å². The Morgan fingerprint density at radius 1 is 1.03 bits per heavy atom. The van der Waals surface area contributed by atoms with Crippen molar-refractivity contribution in [3.8, 4) is 17.4 Å². The van der Waals surface area contributed by atoms with E-state index >= 15 is 0 Å². The molecule has 0 saturated carbocycles. The number of hydrogen-bond acceptors (Lipinski definition) is 6. The summed E-state index contributed by atoms with van der Waals surface area (Å²) in [5.74, 6) is 2.51. The maximum absolute atomic E-state index is 12.9. The third-order valence-corrected chi connectivity index (χ3v) is 5.46. The lowest BCUT2D eigenvalue weighted by Crippen LogP contribution is -2.35. The van der Waals surface area contributed by atoms with Crippen molar-refractivity contribution in [3.63, 3.8) is 0 Å². The van der Waals surface area contributed by atoms with E-state index in [0.29, 0.717) is 23.9 Å². The summed E-state index contributed by atoms with van der Waals surface area (Å²) in [7, 11) is 1.78. The molecule has 1 unspecified atom stereocenters. The number of aryl methyl sites for hydroxylation is 3. The summed E-state index contributed by atoms with van der Waals surface area (Å²) in [5.41, 5.74) is 4.57. The van der Waals surface area contributed by atoms with Gasteiger partial charge in [-0.15, -0.1) is 0 Å². The van der Waals surface area contributed by atoms with Crippen molar-refractivity contribution >= 4 is 11.7 Å². The van der Waals surface area contributed by atoms with E-state index in [0.717, 1.165) is 34.0 Å². The summed E-state index contributed by atoms with van der Waals surface area (Å²) in [6, 6.07) is 7.76. The smallest absolute Gasteiger partial charge is 0.252 e. The number of fused-ring (bicyclic) bond motifs is 2. The molecule has 3 aromatic rings. The number of carbonyl (C=O) groups excluding carboxylic acids is 1. The van der Waals surface area contributed by atoms with E-state index in [4.69, 9.17) is 14.6 Å². The number of hydrogen-bond donors (Lipinski definition) is 0. The van der Waals surface area contributed by atoms with Crippen molar-refractivity contribution in [2.75, 3.05) is 18.7 Å². The highest BCUT2D eigenvalue weighted by Crippen LogP contribution is 2.44. The molecule has 8 heteroatoms. The Morgan fingerprint density at radius 3 is 2.52 bits per heavy atom. The number of carbonyl (C=O) groups is 1. The van der Waals surface area contributed by atoms with E-state index < -0.39 is 0 Å². The van der Waals surface area contributed by atoms with Crippen molar-refractivity contribution in [3.05, 3.63) is 52.5 Å². The Balaban J connectivity index is 1.69. The fourth-order valence-electron chi connectivity index (χ4n) is 4.15. The predicted molar refractivity (Wildman–Crippen MR) is 106 cm³/mol. The molecule has 5 rings (SSSR count). The van der Waals surface area contributed by atoms with Crippen LogP contribution >= 0.6 is 0 Å². The van der Waals surface area contributed by atoms with Crippen molar-refractivity contribution in [2.45, 2.75) is 33.1 Å². The zero-order chi connectivity index (χ0) is 20.3. The standard InChI is InChI=1S/C21H21N5O3/c1-11-7-12(2)23-21(22-11)26-20-19(13(3)24-26)15(9-18(27)25(20)4)14-5-6-16-17(8-14)29-10-28-16/h5-8,15H,9-10H2,1-4H3. The minimum Gasteiger partial charge on any atom is -0.454 e. The number of aromatic nitrogens is 4. The quantitative estimate of drug-likeness (QED) is 0.668. The summed E-state index contributed by atoms with van der Waals surface area (Å²) in [4.78, 5) is 23.6. The van der Waals surface area contributed by atoms with E-state index in [-0.39, 0.29) is 18.6 Å². The first kappa shape index (κ1) is 17.7. The van der Waals surface area contributed by atoms with Crippen molar-refractivity contribution in [1.29, 1.82) is 0 Å². The van der Waals surface area contributed by atoms with Crippen LogP contribution in [-0.4, -0.2) is 39.5 Å². The molecular formula is C21H21N5O3. The SMILES string of the molecule is Cc1cc(C)nc(-n2nc(C)c3c2N(C)C(=O)CC3c2ccc3c(c2)OCO3)n1. The van der Waals surface area contributed by atoms with Crippen molar-refractivity contribution < 1.29 is 14.3 Å². The second-order valence-electron chi connectivity index (χ2n) is 7.51. The normalized spacial score (nSPS) is 17.6.